The Bertz CT molecular complexity index is 872. The number of nitrogens with one attached hydrogen (secondary N) is 1. The van der Waals surface area contributed by atoms with Crippen LogP contribution in [0.4, 0.5) is 0 Å². The minimum atomic E-state index is 0.420. The van der Waals surface area contributed by atoms with Crippen LogP contribution in [-0.4, -0.2) is 18.4 Å². The smallest absolute Gasteiger partial charge is 0.153 e. The van der Waals surface area contributed by atoms with E-state index in [1.54, 1.807) is 7.11 Å². The Kier molecular flexibility index (Phi) is 3.72. The molecule has 0 amide bonds. The van der Waals surface area contributed by atoms with Crippen molar-refractivity contribution >= 4 is 34.2 Å². The first kappa shape index (κ1) is 14.4. The molecule has 0 bridgehead atoms. The summed E-state index contributed by atoms with van der Waals surface area (Å²) in [6.07, 6.45) is 5.00. The van der Waals surface area contributed by atoms with Crippen molar-refractivity contribution in [2.45, 2.75) is 13.8 Å². The molecule has 0 aliphatic heterocycles. The van der Waals surface area contributed by atoms with Crippen LogP contribution < -0.4 is 4.74 Å². The van der Waals surface area contributed by atoms with Crippen LogP contribution in [0.1, 0.15) is 29.8 Å². The Morgan fingerprint density at radius 3 is 2.64 bits per heavy atom. The van der Waals surface area contributed by atoms with E-state index < -0.39 is 0 Å². The van der Waals surface area contributed by atoms with Gasteiger partial charge < -0.3 is 9.72 Å². The Balaban J connectivity index is 2.43. The van der Waals surface area contributed by atoms with E-state index >= 15 is 0 Å². The third kappa shape index (κ3) is 2.29. The maximum Gasteiger partial charge on any atom is 0.153 e. The Hall–Kier alpha value is -2.55. The summed E-state index contributed by atoms with van der Waals surface area (Å²) in [5, 5.41) is 2.16. The molecule has 3 rings (SSSR count). The third-order valence-electron chi connectivity index (χ3n) is 3.80. The molecule has 0 unspecified atom stereocenters. The molecule has 3 heteroatoms. The summed E-state index contributed by atoms with van der Waals surface area (Å²) in [5.41, 5.74) is 3.55. The maximum atomic E-state index is 11.5. The Morgan fingerprint density at radius 1 is 1.18 bits per heavy atom. The fraction of sp³-hybridized carbons (Fsp3) is 0.211. The molecule has 0 saturated carbocycles. The lowest BCUT2D eigenvalue weighted by Crippen LogP contribution is -1.95. The van der Waals surface area contributed by atoms with Crippen molar-refractivity contribution in [2.24, 2.45) is 5.92 Å². The summed E-state index contributed by atoms with van der Waals surface area (Å²) in [6, 6.07) is 10.00. The molecule has 1 heterocycles. The van der Waals surface area contributed by atoms with E-state index in [-0.39, 0.29) is 0 Å². The van der Waals surface area contributed by atoms with Gasteiger partial charge in [-0.2, -0.15) is 0 Å². The van der Waals surface area contributed by atoms with Gasteiger partial charge in [0.05, 0.1) is 18.2 Å². The quantitative estimate of drug-likeness (QED) is 0.701. The summed E-state index contributed by atoms with van der Waals surface area (Å²) in [6.45, 7) is 4.24. The number of aldehydes is 1. The first-order valence-corrected chi connectivity index (χ1v) is 7.40. The highest BCUT2D eigenvalue weighted by Gasteiger charge is 2.15. The van der Waals surface area contributed by atoms with E-state index in [1.165, 1.54) is 0 Å². The lowest BCUT2D eigenvalue weighted by molar-refractivity contribution is 0.112. The molecule has 1 N–H and O–H groups in total. The second-order valence-electron chi connectivity index (χ2n) is 5.73. The highest BCUT2D eigenvalue weighted by atomic mass is 16.5. The number of para-hydroxylation sites is 1. The number of H-pyrrole nitrogens is 1. The predicted molar refractivity (Wildman–Crippen MR) is 91.6 cm³/mol. The molecule has 0 aliphatic carbocycles. The van der Waals surface area contributed by atoms with Crippen molar-refractivity contribution in [1.29, 1.82) is 0 Å². The van der Waals surface area contributed by atoms with Crippen molar-refractivity contribution in [1.82, 2.24) is 4.98 Å². The van der Waals surface area contributed by atoms with Crippen LogP contribution >= 0.6 is 0 Å². The summed E-state index contributed by atoms with van der Waals surface area (Å²) in [4.78, 5) is 14.9. The summed E-state index contributed by atoms with van der Waals surface area (Å²) >= 11 is 0. The highest BCUT2D eigenvalue weighted by Crippen LogP contribution is 2.36. The zero-order chi connectivity index (χ0) is 15.7. The lowest BCUT2D eigenvalue weighted by atomic mass is 10.0. The monoisotopic (exact) mass is 293 g/mol. The van der Waals surface area contributed by atoms with Gasteiger partial charge in [-0.15, -0.1) is 0 Å². The minimum absolute atomic E-state index is 0.420. The highest BCUT2D eigenvalue weighted by molar-refractivity contribution is 6.12. The minimum Gasteiger partial charge on any atom is -0.495 e. The van der Waals surface area contributed by atoms with Crippen LogP contribution in [0.15, 0.2) is 36.4 Å². The van der Waals surface area contributed by atoms with Gasteiger partial charge in [-0.3, -0.25) is 4.79 Å². The number of ether oxygens (including phenoxy) is 1. The van der Waals surface area contributed by atoms with E-state index in [4.69, 9.17) is 4.74 Å². The number of allylic oxidation sites excluding steroid dienone is 1. The number of methoxy groups -OCH3 is 1. The van der Waals surface area contributed by atoms with Crippen LogP contribution in [0.5, 0.6) is 5.75 Å². The first-order chi connectivity index (χ1) is 10.7. The molecular formula is C19H19NO2. The second-order valence-corrected chi connectivity index (χ2v) is 5.73. The number of aromatic amines is 1. The van der Waals surface area contributed by atoms with Crippen LogP contribution in [-0.2, 0) is 0 Å². The van der Waals surface area contributed by atoms with Gasteiger partial charge in [0.25, 0.3) is 0 Å². The molecule has 112 valence electrons. The SMILES string of the molecule is COc1c(C=O)cc2c([nH]c3ccccc32)c1C=CC(C)C. The summed E-state index contributed by atoms with van der Waals surface area (Å²) in [5.74, 6) is 1.04. The summed E-state index contributed by atoms with van der Waals surface area (Å²) < 4.78 is 5.50. The van der Waals surface area contributed by atoms with Crippen LogP contribution in [0.3, 0.4) is 0 Å². The fourth-order valence-corrected chi connectivity index (χ4v) is 2.78. The number of aromatic nitrogens is 1. The van der Waals surface area contributed by atoms with Gasteiger partial charge in [-0.1, -0.05) is 44.2 Å². The fourth-order valence-electron chi connectivity index (χ4n) is 2.78. The van der Waals surface area contributed by atoms with E-state index in [1.807, 2.05) is 30.3 Å². The zero-order valence-electron chi connectivity index (χ0n) is 13.0. The van der Waals surface area contributed by atoms with E-state index in [0.29, 0.717) is 17.2 Å². The number of carbonyl (C=O) groups is 1. The normalized spacial score (nSPS) is 11.8. The molecule has 0 radical (unpaired) electrons. The first-order valence-electron chi connectivity index (χ1n) is 7.40. The van der Waals surface area contributed by atoms with Gasteiger partial charge in [-0.25, -0.2) is 0 Å². The van der Waals surface area contributed by atoms with Crippen LogP contribution in [0, 0.1) is 5.92 Å². The van der Waals surface area contributed by atoms with Crippen molar-refractivity contribution in [2.75, 3.05) is 7.11 Å². The van der Waals surface area contributed by atoms with Crippen molar-refractivity contribution < 1.29 is 9.53 Å². The molecule has 1 aromatic heterocycles. The molecule has 0 spiro atoms. The van der Waals surface area contributed by atoms with Crippen molar-refractivity contribution in [3.63, 3.8) is 0 Å². The second kappa shape index (κ2) is 5.68. The lowest BCUT2D eigenvalue weighted by Gasteiger charge is -2.10. The topological polar surface area (TPSA) is 42.1 Å². The van der Waals surface area contributed by atoms with E-state index in [9.17, 15) is 4.79 Å². The molecule has 3 nitrogen and oxygen atoms in total. The molecular weight excluding hydrogens is 274 g/mol. The van der Waals surface area contributed by atoms with Crippen molar-refractivity contribution in [3.8, 4) is 5.75 Å². The molecule has 0 atom stereocenters. The average molecular weight is 293 g/mol. The number of benzene rings is 2. The zero-order valence-corrected chi connectivity index (χ0v) is 13.0. The molecule has 0 fully saturated rings. The molecule has 2 aromatic carbocycles. The van der Waals surface area contributed by atoms with Gasteiger partial charge in [0.1, 0.15) is 5.75 Å². The molecule has 0 aliphatic rings. The molecule has 22 heavy (non-hydrogen) atoms. The third-order valence-corrected chi connectivity index (χ3v) is 3.80. The molecule has 3 aromatic rings. The predicted octanol–water partition coefficient (Wildman–Crippen LogP) is 4.81. The summed E-state index contributed by atoms with van der Waals surface area (Å²) in [7, 11) is 1.60. The molecule has 0 saturated heterocycles. The largest absolute Gasteiger partial charge is 0.495 e. The average Bonchev–Trinajstić information content (AvgIpc) is 2.89. The Morgan fingerprint density at radius 2 is 1.95 bits per heavy atom. The van der Waals surface area contributed by atoms with E-state index in [2.05, 4.69) is 31.0 Å². The van der Waals surface area contributed by atoms with Crippen molar-refractivity contribution in [3.05, 3.63) is 47.5 Å². The number of fused-ring (bicyclic) bond motifs is 3. The van der Waals surface area contributed by atoms with Gasteiger partial charge >= 0.3 is 0 Å². The number of hydrogen-bond donors (Lipinski definition) is 1. The van der Waals surface area contributed by atoms with Gasteiger partial charge in [0.15, 0.2) is 6.29 Å². The maximum absolute atomic E-state index is 11.5. The Labute approximate surface area is 129 Å². The van der Waals surface area contributed by atoms with E-state index in [0.717, 1.165) is 33.7 Å². The number of rotatable bonds is 4. The van der Waals surface area contributed by atoms with Crippen LogP contribution in [0.25, 0.3) is 27.9 Å². The number of hydrogen-bond acceptors (Lipinski definition) is 2. The van der Waals surface area contributed by atoms with Gasteiger partial charge in [0.2, 0.25) is 0 Å². The van der Waals surface area contributed by atoms with Gasteiger partial charge in [0, 0.05) is 21.9 Å². The number of carbonyl (C=O) groups excluding carboxylic acids is 1. The van der Waals surface area contributed by atoms with Crippen LogP contribution in [0.2, 0.25) is 0 Å². The van der Waals surface area contributed by atoms with Gasteiger partial charge in [-0.05, 0) is 18.1 Å². The standard InChI is InChI=1S/C19H19NO2/c1-12(2)8-9-15-18-16(10-13(11-21)19(15)22-3)14-6-4-5-7-17(14)20-18/h4-12,20H,1-3H3.